The fraction of sp³-hybridized carbons (Fsp3) is 0.250. The molecule has 0 aliphatic heterocycles. The fourth-order valence-electron chi connectivity index (χ4n) is 2.51. The molecule has 150 valence electrons. The van der Waals surface area contributed by atoms with E-state index in [0.717, 1.165) is 17.1 Å². The van der Waals surface area contributed by atoms with E-state index in [1.807, 2.05) is 38.3 Å². The summed E-state index contributed by atoms with van der Waals surface area (Å²) in [4.78, 5) is 29.3. The molecular formula is C20H21N5O3S. The lowest BCUT2D eigenvalue weighted by Crippen LogP contribution is -2.10. The highest BCUT2D eigenvalue weighted by atomic mass is 32.2. The van der Waals surface area contributed by atoms with E-state index >= 15 is 0 Å². The van der Waals surface area contributed by atoms with Crippen LogP contribution in [0, 0.1) is 13.8 Å². The van der Waals surface area contributed by atoms with Crippen molar-refractivity contribution in [3.05, 3.63) is 53.5 Å². The van der Waals surface area contributed by atoms with Gasteiger partial charge in [0, 0.05) is 23.3 Å². The molecule has 1 aromatic carbocycles. The normalized spacial score (nSPS) is 10.5. The number of benzene rings is 1. The Labute approximate surface area is 173 Å². The van der Waals surface area contributed by atoms with Crippen LogP contribution in [0.1, 0.15) is 28.7 Å². The van der Waals surface area contributed by atoms with Crippen LogP contribution in [0.2, 0.25) is 0 Å². The summed E-state index contributed by atoms with van der Waals surface area (Å²) in [7, 11) is 0. The molecule has 1 N–H and O–H groups in total. The van der Waals surface area contributed by atoms with Crippen LogP contribution in [-0.4, -0.2) is 38.8 Å². The monoisotopic (exact) mass is 411 g/mol. The molecule has 0 saturated heterocycles. The fourth-order valence-corrected chi connectivity index (χ4v) is 2.85. The maximum atomic E-state index is 12.2. The third-order valence-corrected chi connectivity index (χ3v) is 4.29. The standard InChI is InChI=1S/C20H21N5O3S/c1-5-27-18(26)16-11-21-20(29-4)25-17(16)24-14-6-8-15(9-7-14)28-19-22-12(2)10-13(3)23-19/h6-11H,5H2,1-4H3,(H,21,24,25). The molecule has 2 heterocycles. The third-order valence-electron chi connectivity index (χ3n) is 3.73. The molecular weight excluding hydrogens is 390 g/mol. The molecule has 3 rings (SSSR count). The number of anilines is 2. The Morgan fingerprint density at radius 3 is 2.41 bits per heavy atom. The van der Waals surface area contributed by atoms with Gasteiger partial charge in [-0.25, -0.2) is 24.7 Å². The molecule has 3 aromatic rings. The van der Waals surface area contributed by atoms with E-state index in [9.17, 15) is 4.79 Å². The number of nitrogens with zero attached hydrogens (tertiary/aromatic N) is 4. The summed E-state index contributed by atoms with van der Waals surface area (Å²) in [6, 6.07) is 9.37. The molecule has 0 radical (unpaired) electrons. The Kier molecular flexibility index (Phi) is 6.61. The van der Waals surface area contributed by atoms with E-state index in [2.05, 4.69) is 25.3 Å². The van der Waals surface area contributed by atoms with Crippen molar-refractivity contribution in [2.24, 2.45) is 0 Å². The highest BCUT2D eigenvalue weighted by molar-refractivity contribution is 7.98. The Hall–Kier alpha value is -3.20. The lowest BCUT2D eigenvalue weighted by molar-refractivity contribution is 0.0526. The van der Waals surface area contributed by atoms with Crippen LogP contribution in [0.5, 0.6) is 11.8 Å². The van der Waals surface area contributed by atoms with Crippen LogP contribution in [0.25, 0.3) is 0 Å². The van der Waals surface area contributed by atoms with E-state index in [1.54, 1.807) is 19.1 Å². The van der Waals surface area contributed by atoms with Crippen molar-refractivity contribution in [3.8, 4) is 11.8 Å². The molecule has 0 aliphatic rings. The van der Waals surface area contributed by atoms with Gasteiger partial charge in [0.15, 0.2) is 5.16 Å². The Balaban J connectivity index is 1.79. The molecule has 0 fully saturated rings. The summed E-state index contributed by atoms with van der Waals surface area (Å²) in [5.41, 5.74) is 2.68. The summed E-state index contributed by atoms with van der Waals surface area (Å²) < 4.78 is 10.8. The minimum atomic E-state index is -0.477. The first-order chi connectivity index (χ1) is 14.0. The van der Waals surface area contributed by atoms with Gasteiger partial charge in [0.05, 0.1) is 6.61 Å². The lowest BCUT2D eigenvalue weighted by Gasteiger charge is -2.12. The number of carbonyl (C=O) groups is 1. The van der Waals surface area contributed by atoms with Crippen LogP contribution in [0.15, 0.2) is 41.7 Å². The van der Waals surface area contributed by atoms with Gasteiger partial charge < -0.3 is 14.8 Å². The zero-order valence-electron chi connectivity index (χ0n) is 16.6. The quantitative estimate of drug-likeness (QED) is 0.346. The summed E-state index contributed by atoms with van der Waals surface area (Å²) >= 11 is 1.39. The number of aryl methyl sites for hydroxylation is 2. The SMILES string of the molecule is CCOC(=O)c1cnc(SC)nc1Nc1ccc(Oc2nc(C)cc(C)n2)cc1. The van der Waals surface area contributed by atoms with Gasteiger partial charge in [-0.3, -0.25) is 0 Å². The number of nitrogens with one attached hydrogen (secondary N) is 1. The maximum absolute atomic E-state index is 12.2. The molecule has 0 atom stereocenters. The summed E-state index contributed by atoms with van der Waals surface area (Å²) in [5, 5.41) is 3.69. The van der Waals surface area contributed by atoms with Gasteiger partial charge in [-0.1, -0.05) is 11.8 Å². The number of ether oxygens (including phenoxy) is 2. The largest absolute Gasteiger partial charge is 0.462 e. The number of aromatic nitrogens is 4. The molecule has 8 nitrogen and oxygen atoms in total. The van der Waals surface area contributed by atoms with E-state index in [0.29, 0.717) is 22.7 Å². The average molecular weight is 411 g/mol. The maximum Gasteiger partial charge on any atom is 0.343 e. The first-order valence-electron chi connectivity index (χ1n) is 8.94. The van der Waals surface area contributed by atoms with Crippen molar-refractivity contribution in [3.63, 3.8) is 0 Å². The van der Waals surface area contributed by atoms with E-state index in [4.69, 9.17) is 9.47 Å². The minimum Gasteiger partial charge on any atom is -0.462 e. The smallest absolute Gasteiger partial charge is 0.343 e. The van der Waals surface area contributed by atoms with Crippen molar-refractivity contribution in [2.75, 3.05) is 18.2 Å². The topological polar surface area (TPSA) is 99.1 Å². The van der Waals surface area contributed by atoms with Crippen LogP contribution >= 0.6 is 11.8 Å². The van der Waals surface area contributed by atoms with E-state index in [1.165, 1.54) is 18.0 Å². The number of hydrogen-bond donors (Lipinski definition) is 1. The van der Waals surface area contributed by atoms with E-state index in [-0.39, 0.29) is 12.2 Å². The molecule has 0 spiro atoms. The number of hydrogen-bond acceptors (Lipinski definition) is 9. The minimum absolute atomic E-state index is 0.272. The molecule has 9 heteroatoms. The van der Waals surface area contributed by atoms with Gasteiger partial charge >= 0.3 is 12.0 Å². The number of esters is 1. The summed E-state index contributed by atoms with van der Waals surface area (Å²) in [5.74, 6) is 0.502. The summed E-state index contributed by atoms with van der Waals surface area (Å²) in [6.45, 7) is 5.80. The number of carbonyl (C=O) groups excluding carboxylic acids is 1. The molecule has 2 aromatic heterocycles. The Morgan fingerprint density at radius 1 is 1.10 bits per heavy atom. The van der Waals surface area contributed by atoms with Crippen molar-refractivity contribution in [1.29, 1.82) is 0 Å². The molecule has 0 saturated carbocycles. The first-order valence-corrected chi connectivity index (χ1v) is 10.2. The second kappa shape index (κ2) is 9.33. The Bertz CT molecular complexity index is 991. The Morgan fingerprint density at radius 2 is 1.79 bits per heavy atom. The van der Waals surface area contributed by atoms with Crippen molar-refractivity contribution >= 4 is 29.2 Å². The highest BCUT2D eigenvalue weighted by Crippen LogP contribution is 2.25. The lowest BCUT2D eigenvalue weighted by atomic mass is 10.2. The summed E-state index contributed by atoms with van der Waals surface area (Å²) in [6.07, 6.45) is 3.33. The predicted octanol–water partition coefficient (Wildman–Crippen LogP) is 4.32. The van der Waals surface area contributed by atoms with Crippen LogP contribution in [0.4, 0.5) is 11.5 Å². The predicted molar refractivity (Wildman–Crippen MR) is 111 cm³/mol. The van der Waals surface area contributed by atoms with Gasteiger partial charge in [-0.15, -0.1) is 0 Å². The third kappa shape index (κ3) is 5.41. The molecule has 29 heavy (non-hydrogen) atoms. The van der Waals surface area contributed by atoms with Crippen LogP contribution in [0.3, 0.4) is 0 Å². The average Bonchev–Trinajstić information content (AvgIpc) is 2.69. The van der Waals surface area contributed by atoms with Gasteiger partial charge in [0.2, 0.25) is 0 Å². The zero-order valence-corrected chi connectivity index (χ0v) is 17.4. The molecule has 0 bridgehead atoms. The van der Waals surface area contributed by atoms with Crippen LogP contribution in [-0.2, 0) is 4.74 Å². The number of thioether (sulfide) groups is 1. The highest BCUT2D eigenvalue weighted by Gasteiger charge is 2.16. The second-order valence-electron chi connectivity index (χ2n) is 6.02. The second-order valence-corrected chi connectivity index (χ2v) is 6.80. The van der Waals surface area contributed by atoms with Gasteiger partial charge in [-0.2, -0.15) is 0 Å². The number of rotatable bonds is 7. The van der Waals surface area contributed by atoms with Crippen molar-refractivity contribution in [1.82, 2.24) is 19.9 Å². The van der Waals surface area contributed by atoms with Gasteiger partial charge in [-0.05, 0) is 57.4 Å². The van der Waals surface area contributed by atoms with Gasteiger partial charge in [0.1, 0.15) is 17.1 Å². The molecule has 0 aliphatic carbocycles. The van der Waals surface area contributed by atoms with Crippen LogP contribution < -0.4 is 10.1 Å². The first kappa shape index (κ1) is 20.5. The van der Waals surface area contributed by atoms with Crippen molar-refractivity contribution in [2.45, 2.75) is 25.9 Å². The molecule has 0 amide bonds. The van der Waals surface area contributed by atoms with Gasteiger partial charge in [0.25, 0.3) is 0 Å². The molecule has 0 unspecified atom stereocenters. The van der Waals surface area contributed by atoms with E-state index < -0.39 is 5.97 Å². The zero-order chi connectivity index (χ0) is 20.8. The van der Waals surface area contributed by atoms with Crippen molar-refractivity contribution < 1.29 is 14.3 Å².